The highest BCUT2D eigenvalue weighted by Crippen LogP contribution is 2.31. The van der Waals surface area contributed by atoms with Gasteiger partial charge in [-0.15, -0.1) is 6.58 Å². The molecule has 0 N–H and O–H groups in total. The van der Waals surface area contributed by atoms with Crippen molar-refractivity contribution in [2.45, 2.75) is 58.3 Å². The number of fused-ring (bicyclic) bond motifs is 1. The van der Waals surface area contributed by atoms with Gasteiger partial charge in [-0.05, 0) is 61.6 Å². The molecule has 0 aliphatic heterocycles. The molecular formula is C19H26. The third-order valence-electron chi connectivity index (χ3n) is 4.01. The fourth-order valence-corrected chi connectivity index (χ4v) is 2.89. The molecule has 1 aliphatic rings. The molecule has 0 saturated heterocycles. The molecule has 0 heterocycles. The van der Waals surface area contributed by atoms with Gasteiger partial charge in [-0.1, -0.05) is 49.3 Å². The smallest absolute Gasteiger partial charge is 0.00577 e. The predicted octanol–water partition coefficient (Wildman–Crippen LogP) is 5.72. The van der Waals surface area contributed by atoms with E-state index in [4.69, 9.17) is 0 Å². The van der Waals surface area contributed by atoms with Crippen molar-refractivity contribution in [3.8, 4) is 0 Å². The molecule has 2 rings (SSSR count). The Kier molecular flexibility index (Phi) is 5.44. The molecule has 0 bridgehead atoms. The molecule has 0 fully saturated rings. The van der Waals surface area contributed by atoms with E-state index >= 15 is 0 Å². The average molecular weight is 254 g/mol. The summed E-state index contributed by atoms with van der Waals surface area (Å²) in [6.45, 7) is 6.06. The molecule has 0 heteroatoms. The number of hydrogen-bond donors (Lipinski definition) is 0. The summed E-state index contributed by atoms with van der Waals surface area (Å²) in [6, 6.07) is 6.85. The van der Waals surface area contributed by atoms with Gasteiger partial charge in [0.25, 0.3) is 0 Å². The van der Waals surface area contributed by atoms with Crippen molar-refractivity contribution in [1.82, 2.24) is 0 Å². The zero-order valence-electron chi connectivity index (χ0n) is 12.3. The lowest BCUT2D eigenvalue weighted by Gasteiger charge is -2.06. The summed E-state index contributed by atoms with van der Waals surface area (Å²) in [4.78, 5) is 0. The lowest BCUT2D eigenvalue weighted by Crippen LogP contribution is -1.92. The Bertz CT molecular complexity index is 451. The van der Waals surface area contributed by atoms with Gasteiger partial charge in [-0.3, -0.25) is 0 Å². The second kappa shape index (κ2) is 7.33. The van der Waals surface area contributed by atoms with Crippen molar-refractivity contribution in [3.05, 3.63) is 53.1 Å². The molecule has 0 unspecified atom stereocenters. The van der Waals surface area contributed by atoms with E-state index < -0.39 is 0 Å². The fraction of sp³-hybridized carbons (Fsp3) is 0.474. The van der Waals surface area contributed by atoms with Crippen molar-refractivity contribution in [1.29, 1.82) is 0 Å². The number of allylic oxidation sites excluding steroid dienone is 2. The zero-order chi connectivity index (χ0) is 13.5. The first kappa shape index (κ1) is 14.1. The first-order chi connectivity index (χ1) is 9.35. The van der Waals surface area contributed by atoms with Crippen LogP contribution in [0.2, 0.25) is 0 Å². The minimum absolute atomic E-state index is 1.15. The van der Waals surface area contributed by atoms with Crippen LogP contribution in [0.4, 0.5) is 0 Å². The molecule has 1 aromatic rings. The lowest BCUT2D eigenvalue weighted by molar-refractivity contribution is 0.747. The minimum atomic E-state index is 1.15. The van der Waals surface area contributed by atoms with E-state index in [1.54, 1.807) is 16.7 Å². The molecular weight excluding hydrogens is 228 g/mol. The number of unbranched alkanes of at least 4 members (excludes halogenated alkanes) is 3. The molecule has 0 nitrogen and oxygen atoms in total. The molecule has 1 aromatic carbocycles. The molecule has 19 heavy (non-hydrogen) atoms. The van der Waals surface area contributed by atoms with Gasteiger partial charge < -0.3 is 0 Å². The maximum atomic E-state index is 3.79. The van der Waals surface area contributed by atoms with Crippen LogP contribution in [-0.4, -0.2) is 0 Å². The van der Waals surface area contributed by atoms with Crippen LogP contribution in [-0.2, 0) is 12.8 Å². The predicted molar refractivity (Wildman–Crippen MR) is 85.4 cm³/mol. The Morgan fingerprint density at radius 3 is 2.84 bits per heavy atom. The standard InChI is InChI=1S/C19H26/c1-3-5-7-8-11-17-12-9-13-18-14-16(10-6-4-2)15-19(17)18/h3,9,12-13,15H,1,4-8,10-11,14H2,2H3. The van der Waals surface area contributed by atoms with Crippen molar-refractivity contribution in [3.63, 3.8) is 0 Å². The van der Waals surface area contributed by atoms with E-state index in [9.17, 15) is 0 Å². The topological polar surface area (TPSA) is 0 Å². The van der Waals surface area contributed by atoms with Crippen LogP contribution in [0.25, 0.3) is 6.08 Å². The highest BCUT2D eigenvalue weighted by molar-refractivity contribution is 5.66. The molecule has 102 valence electrons. The first-order valence-electron chi connectivity index (χ1n) is 7.76. The highest BCUT2D eigenvalue weighted by atomic mass is 14.2. The third kappa shape index (κ3) is 3.83. The third-order valence-corrected chi connectivity index (χ3v) is 4.01. The average Bonchev–Trinajstić information content (AvgIpc) is 2.85. The second-order valence-corrected chi connectivity index (χ2v) is 5.61. The molecule has 0 spiro atoms. The summed E-state index contributed by atoms with van der Waals surface area (Å²) >= 11 is 0. The first-order valence-corrected chi connectivity index (χ1v) is 7.76. The van der Waals surface area contributed by atoms with E-state index in [-0.39, 0.29) is 0 Å². The van der Waals surface area contributed by atoms with Gasteiger partial charge in [-0.25, -0.2) is 0 Å². The molecule has 0 radical (unpaired) electrons. The number of hydrogen-bond acceptors (Lipinski definition) is 0. The molecule has 1 aliphatic carbocycles. The van der Waals surface area contributed by atoms with Gasteiger partial charge in [0.15, 0.2) is 0 Å². The van der Waals surface area contributed by atoms with Gasteiger partial charge >= 0.3 is 0 Å². The van der Waals surface area contributed by atoms with Gasteiger partial charge in [0.2, 0.25) is 0 Å². The van der Waals surface area contributed by atoms with Crippen molar-refractivity contribution >= 4 is 6.08 Å². The Labute approximate surface area is 118 Å². The van der Waals surface area contributed by atoms with Crippen molar-refractivity contribution < 1.29 is 0 Å². The van der Waals surface area contributed by atoms with E-state index in [2.05, 4.69) is 37.8 Å². The Hall–Kier alpha value is -1.30. The Balaban J connectivity index is 2.00. The molecule has 0 saturated carbocycles. The van der Waals surface area contributed by atoms with Crippen molar-refractivity contribution in [2.75, 3.05) is 0 Å². The summed E-state index contributed by atoms with van der Waals surface area (Å²) in [5, 5.41) is 0. The summed E-state index contributed by atoms with van der Waals surface area (Å²) in [5.41, 5.74) is 6.27. The summed E-state index contributed by atoms with van der Waals surface area (Å²) in [7, 11) is 0. The minimum Gasteiger partial charge on any atom is -0.103 e. The van der Waals surface area contributed by atoms with Gasteiger partial charge in [0, 0.05) is 0 Å². The maximum absolute atomic E-state index is 3.79. The molecule has 0 aromatic heterocycles. The quantitative estimate of drug-likeness (QED) is 0.411. The summed E-state index contributed by atoms with van der Waals surface area (Å²) in [5.74, 6) is 0. The normalized spacial score (nSPS) is 13.2. The fourth-order valence-electron chi connectivity index (χ4n) is 2.89. The SMILES string of the molecule is C=CCCCCc1cccc2c1C=C(CCCC)C2. The summed E-state index contributed by atoms with van der Waals surface area (Å²) < 4.78 is 0. The lowest BCUT2D eigenvalue weighted by atomic mass is 9.98. The van der Waals surface area contributed by atoms with Gasteiger partial charge in [-0.2, -0.15) is 0 Å². The number of aryl methyl sites for hydroxylation is 1. The van der Waals surface area contributed by atoms with Crippen LogP contribution in [0, 0.1) is 0 Å². The highest BCUT2D eigenvalue weighted by Gasteiger charge is 2.14. The van der Waals surface area contributed by atoms with Gasteiger partial charge in [0.05, 0.1) is 0 Å². The largest absolute Gasteiger partial charge is 0.103 e. The number of rotatable bonds is 8. The Morgan fingerprint density at radius 1 is 1.16 bits per heavy atom. The summed E-state index contributed by atoms with van der Waals surface area (Å²) in [6.07, 6.45) is 14.5. The van der Waals surface area contributed by atoms with E-state index in [1.165, 1.54) is 50.5 Å². The van der Waals surface area contributed by atoms with Crippen LogP contribution < -0.4 is 0 Å². The van der Waals surface area contributed by atoms with E-state index in [1.807, 2.05) is 6.08 Å². The van der Waals surface area contributed by atoms with E-state index in [0.29, 0.717) is 0 Å². The van der Waals surface area contributed by atoms with Crippen LogP contribution in [0.1, 0.15) is 62.1 Å². The van der Waals surface area contributed by atoms with E-state index in [0.717, 1.165) is 6.42 Å². The van der Waals surface area contributed by atoms with Crippen molar-refractivity contribution in [2.24, 2.45) is 0 Å². The molecule has 0 amide bonds. The monoisotopic (exact) mass is 254 g/mol. The molecule has 0 atom stereocenters. The number of benzene rings is 1. The maximum Gasteiger partial charge on any atom is -0.00577 e. The second-order valence-electron chi connectivity index (χ2n) is 5.61. The van der Waals surface area contributed by atoms with Crippen LogP contribution in [0.3, 0.4) is 0 Å². The van der Waals surface area contributed by atoms with Crippen LogP contribution in [0.5, 0.6) is 0 Å². The van der Waals surface area contributed by atoms with Crippen LogP contribution in [0.15, 0.2) is 36.4 Å². The zero-order valence-corrected chi connectivity index (χ0v) is 12.3. The van der Waals surface area contributed by atoms with Gasteiger partial charge in [0.1, 0.15) is 0 Å². The van der Waals surface area contributed by atoms with Crippen LogP contribution >= 0.6 is 0 Å². The Morgan fingerprint density at radius 2 is 2.05 bits per heavy atom.